The molecule has 0 fully saturated rings. The van der Waals surface area contributed by atoms with Gasteiger partial charge in [0.25, 0.3) is 5.91 Å². The van der Waals surface area contributed by atoms with Gasteiger partial charge in [0.2, 0.25) is 11.5 Å². The van der Waals surface area contributed by atoms with Crippen molar-refractivity contribution in [1.82, 2.24) is 15.6 Å². The molecule has 0 aliphatic heterocycles. The molecule has 8 nitrogen and oxygen atoms in total. The summed E-state index contributed by atoms with van der Waals surface area (Å²) < 4.78 is 4.29. The zero-order chi connectivity index (χ0) is 12.8. The van der Waals surface area contributed by atoms with Gasteiger partial charge in [-0.1, -0.05) is 6.92 Å². The lowest BCUT2D eigenvalue weighted by atomic mass is 10.1. The number of rotatable bonds is 6. The largest absolute Gasteiger partial charge is 0.481 e. The second kappa shape index (κ2) is 5.83. The summed E-state index contributed by atoms with van der Waals surface area (Å²) in [7, 11) is 0. The summed E-state index contributed by atoms with van der Waals surface area (Å²) >= 11 is 0. The fourth-order valence-electron chi connectivity index (χ4n) is 1.18. The number of nitrogens with one attached hydrogen (secondary N) is 1. The van der Waals surface area contributed by atoms with Crippen LogP contribution in [0.15, 0.2) is 4.63 Å². The molecule has 17 heavy (non-hydrogen) atoms. The van der Waals surface area contributed by atoms with Crippen LogP contribution in [0.3, 0.4) is 0 Å². The molecule has 1 aromatic heterocycles. The van der Waals surface area contributed by atoms with Gasteiger partial charge < -0.3 is 16.2 Å². The molecule has 1 aromatic rings. The maximum absolute atomic E-state index is 11.5. The van der Waals surface area contributed by atoms with Gasteiger partial charge in [-0.3, -0.25) is 9.59 Å². The molecule has 0 saturated carbocycles. The first-order chi connectivity index (χ1) is 8.00. The van der Waals surface area contributed by atoms with Gasteiger partial charge >= 0.3 is 5.97 Å². The number of amides is 1. The Hall–Kier alpha value is -2.12. The number of nitrogen functional groups attached to an aromatic ring is 1. The van der Waals surface area contributed by atoms with E-state index >= 15 is 0 Å². The zero-order valence-corrected chi connectivity index (χ0v) is 9.34. The molecule has 8 heteroatoms. The Balaban J connectivity index is 2.33. The van der Waals surface area contributed by atoms with E-state index < -0.39 is 11.9 Å². The van der Waals surface area contributed by atoms with Gasteiger partial charge in [-0.15, -0.1) is 0 Å². The van der Waals surface area contributed by atoms with Crippen LogP contribution in [0.4, 0.5) is 5.82 Å². The number of carboxylic acids is 1. The van der Waals surface area contributed by atoms with Crippen molar-refractivity contribution in [3.05, 3.63) is 5.69 Å². The van der Waals surface area contributed by atoms with Gasteiger partial charge in [0.1, 0.15) is 0 Å². The highest BCUT2D eigenvalue weighted by Gasteiger charge is 2.16. The number of hydrogen-bond donors (Lipinski definition) is 3. The van der Waals surface area contributed by atoms with Crippen LogP contribution in [-0.2, 0) is 4.79 Å². The minimum absolute atomic E-state index is 0.0520. The van der Waals surface area contributed by atoms with E-state index in [4.69, 9.17) is 10.8 Å². The third kappa shape index (κ3) is 4.09. The lowest BCUT2D eigenvalue weighted by molar-refractivity contribution is -0.137. The van der Waals surface area contributed by atoms with Crippen molar-refractivity contribution in [3.63, 3.8) is 0 Å². The molecule has 1 unspecified atom stereocenters. The summed E-state index contributed by atoms with van der Waals surface area (Å²) in [4.78, 5) is 21.8. The van der Waals surface area contributed by atoms with Crippen molar-refractivity contribution in [1.29, 1.82) is 0 Å². The van der Waals surface area contributed by atoms with Crippen molar-refractivity contribution >= 4 is 17.7 Å². The summed E-state index contributed by atoms with van der Waals surface area (Å²) in [6.07, 6.45) is 0.562. The van der Waals surface area contributed by atoms with Crippen LogP contribution in [0.1, 0.15) is 30.3 Å². The maximum Gasteiger partial charge on any atom is 0.303 e. The minimum atomic E-state index is -0.854. The van der Waals surface area contributed by atoms with Crippen LogP contribution in [0.5, 0.6) is 0 Å². The average molecular weight is 242 g/mol. The molecule has 0 radical (unpaired) electrons. The Morgan fingerprint density at radius 3 is 2.76 bits per heavy atom. The highest BCUT2D eigenvalue weighted by molar-refractivity contribution is 5.95. The standard InChI is InChI=1S/C9H14N4O4/c1-5(2-3-6(14)15)4-11-9(16)7-8(10)13-17-12-7/h5H,2-4H2,1H3,(H2,10,13)(H,11,16)(H,14,15). The first kappa shape index (κ1) is 12.9. The van der Waals surface area contributed by atoms with E-state index in [0.29, 0.717) is 13.0 Å². The second-order valence-electron chi connectivity index (χ2n) is 3.75. The van der Waals surface area contributed by atoms with Gasteiger partial charge in [0.15, 0.2) is 0 Å². The summed E-state index contributed by atoms with van der Waals surface area (Å²) in [5, 5.41) is 17.7. The first-order valence-electron chi connectivity index (χ1n) is 5.08. The van der Waals surface area contributed by atoms with Crippen LogP contribution in [0.25, 0.3) is 0 Å². The molecule has 0 bridgehead atoms. The predicted octanol–water partition coefficient (Wildman–Crippen LogP) is -0.117. The van der Waals surface area contributed by atoms with Gasteiger partial charge in [0, 0.05) is 13.0 Å². The van der Waals surface area contributed by atoms with E-state index in [2.05, 4.69) is 20.3 Å². The number of hydrogen-bond acceptors (Lipinski definition) is 6. The van der Waals surface area contributed by atoms with Gasteiger partial charge in [-0.2, -0.15) is 0 Å². The minimum Gasteiger partial charge on any atom is -0.481 e. The molecule has 1 atom stereocenters. The van der Waals surface area contributed by atoms with Crippen molar-refractivity contribution in [2.75, 3.05) is 12.3 Å². The number of carbonyl (C=O) groups excluding carboxylic acids is 1. The number of carbonyl (C=O) groups is 2. The monoisotopic (exact) mass is 242 g/mol. The molecule has 0 aliphatic carbocycles. The van der Waals surface area contributed by atoms with Crippen LogP contribution in [0, 0.1) is 5.92 Å². The second-order valence-corrected chi connectivity index (χ2v) is 3.75. The molecular formula is C9H14N4O4. The SMILES string of the molecule is CC(CCC(=O)O)CNC(=O)c1nonc1N. The zero-order valence-electron chi connectivity index (χ0n) is 9.34. The Morgan fingerprint density at radius 1 is 1.53 bits per heavy atom. The van der Waals surface area contributed by atoms with E-state index in [9.17, 15) is 9.59 Å². The van der Waals surface area contributed by atoms with Crippen molar-refractivity contribution in [2.45, 2.75) is 19.8 Å². The Kier molecular flexibility index (Phi) is 4.44. The molecule has 1 heterocycles. The molecule has 1 amide bonds. The average Bonchev–Trinajstić information content (AvgIpc) is 2.69. The molecule has 94 valence electrons. The van der Waals surface area contributed by atoms with Crippen LogP contribution < -0.4 is 11.1 Å². The number of nitrogens with two attached hydrogens (primary N) is 1. The fourth-order valence-corrected chi connectivity index (χ4v) is 1.18. The molecule has 1 rings (SSSR count). The Labute approximate surface area is 97.1 Å². The third-order valence-corrected chi connectivity index (χ3v) is 2.19. The number of aliphatic carboxylic acids is 1. The summed E-state index contributed by atoms with van der Waals surface area (Å²) in [6.45, 7) is 2.19. The lowest BCUT2D eigenvalue weighted by Gasteiger charge is -2.10. The van der Waals surface area contributed by atoms with Gasteiger partial charge in [-0.05, 0) is 22.7 Å². The number of anilines is 1. The van der Waals surface area contributed by atoms with E-state index in [1.807, 2.05) is 6.92 Å². The molecular weight excluding hydrogens is 228 g/mol. The van der Waals surface area contributed by atoms with Crippen LogP contribution in [-0.4, -0.2) is 33.8 Å². The van der Waals surface area contributed by atoms with Gasteiger partial charge in [0.05, 0.1) is 0 Å². The van der Waals surface area contributed by atoms with Crippen molar-refractivity contribution in [2.24, 2.45) is 5.92 Å². The Bertz CT molecular complexity index is 403. The molecule has 0 aliphatic rings. The van der Waals surface area contributed by atoms with Gasteiger partial charge in [-0.25, -0.2) is 4.63 Å². The fraction of sp³-hybridized carbons (Fsp3) is 0.556. The van der Waals surface area contributed by atoms with E-state index in [1.165, 1.54) is 0 Å². The quantitative estimate of drug-likeness (QED) is 0.633. The molecule has 0 spiro atoms. The molecule has 0 saturated heterocycles. The topological polar surface area (TPSA) is 131 Å². The maximum atomic E-state index is 11.5. The van der Waals surface area contributed by atoms with Crippen LogP contribution >= 0.6 is 0 Å². The highest BCUT2D eigenvalue weighted by Crippen LogP contribution is 2.06. The molecule has 4 N–H and O–H groups in total. The predicted molar refractivity (Wildman–Crippen MR) is 57.1 cm³/mol. The van der Waals surface area contributed by atoms with E-state index in [-0.39, 0.29) is 23.9 Å². The number of aromatic nitrogens is 2. The third-order valence-electron chi connectivity index (χ3n) is 2.19. The molecule has 0 aromatic carbocycles. The van der Waals surface area contributed by atoms with Crippen LogP contribution in [0.2, 0.25) is 0 Å². The van der Waals surface area contributed by atoms with E-state index in [0.717, 1.165) is 0 Å². The smallest absolute Gasteiger partial charge is 0.303 e. The summed E-state index contributed by atoms with van der Waals surface area (Å²) in [6, 6.07) is 0. The first-order valence-corrected chi connectivity index (χ1v) is 5.08. The lowest BCUT2D eigenvalue weighted by Crippen LogP contribution is -2.29. The van der Waals surface area contributed by atoms with E-state index in [1.54, 1.807) is 0 Å². The van der Waals surface area contributed by atoms with Crippen molar-refractivity contribution in [3.8, 4) is 0 Å². The number of carboxylic acid groups (broad SMARTS) is 1. The number of nitrogens with zero attached hydrogens (tertiary/aromatic N) is 2. The highest BCUT2D eigenvalue weighted by atomic mass is 16.6. The van der Waals surface area contributed by atoms with Crippen molar-refractivity contribution < 1.29 is 19.3 Å². The summed E-state index contributed by atoms with van der Waals surface area (Å²) in [5.74, 6) is -1.35. The summed E-state index contributed by atoms with van der Waals surface area (Å²) in [5.41, 5.74) is 5.28. The normalized spacial score (nSPS) is 12.1. The Morgan fingerprint density at radius 2 is 2.24 bits per heavy atom.